The number of hydrogen-bond donors (Lipinski definition) is 1. The van der Waals surface area contributed by atoms with E-state index in [2.05, 4.69) is 6.58 Å². The van der Waals surface area contributed by atoms with Crippen molar-refractivity contribution < 1.29 is 24.1 Å². The molecule has 0 aliphatic carbocycles. The quantitative estimate of drug-likeness (QED) is 0.331. The Bertz CT molecular complexity index is 177. The Morgan fingerprint density at radius 3 is 2.73 bits per heavy atom. The Labute approximate surface area is 89.6 Å². The van der Waals surface area contributed by atoms with Crippen molar-refractivity contribution in [2.45, 2.75) is 25.9 Å². The fourth-order valence-corrected chi connectivity index (χ4v) is 0.667. The highest BCUT2D eigenvalue weighted by molar-refractivity contribution is 5.59. The molecule has 1 unspecified atom stereocenters. The molecule has 0 amide bonds. The minimum atomic E-state index is -0.584. The van der Waals surface area contributed by atoms with Crippen molar-refractivity contribution in [2.75, 3.05) is 19.8 Å². The van der Waals surface area contributed by atoms with E-state index < -0.39 is 6.16 Å². The van der Waals surface area contributed by atoms with Crippen LogP contribution >= 0.6 is 0 Å². The van der Waals surface area contributed by atoms with Crippen LogP contribution in [0.1, 0.15) is 19.8 Å². The topological polar surface area (TPSA) is 68.3 Å². The molecule has 1 aliphatic heterocycles. The number of carbonyl (C=O) groups is 1. The molecule has 1 heterocycles. The second kappa shape index (κ2) is 9.33. The summed E-state index contributed by atoms with van der Waals surface area (Å²) >= 11 is 0. The largest absolute Gasteiger partial charge is 0.516 e. The molecule has 1 aliphatic rings. The van der Waals surface area contributed by atoms with E-state index in [-0.39, 0.29) is 6.10 Å². The van der Waals surface area contributed by atoms with Crippen molar-refractivity contribution in [3.05, 3.63) is 12.8 Å². The van der Waals surface area contributed by atoms with Gasteiger partial charge in [-0.2, -0.15) is 0 Å². The Morgan fingerprint density at radius 2 is 2.27 bits per heavy atom. The van der Waals surface area contributed by atoms with Gasteiger partial charge in [0.05, 0.1) is 19.5 Å². The van der Waals surface area contributed by atoms with Crippen LogP contribution in [-0.2, 0) is 14.2 Å². The third kappa shape index (κ3) is 10.7. The van der Waals surface area contributed by atoms with Gasteiger partial charge in [-0.05, 0) is 6.42 Å². The van der Waals surface area contributed by atoms with Gasteiger partial charge in [0, 0.05) is 0 Å². The maximum atomic E-state index is 10.8. The van der Waals surface area contributed by atoms with Crippen LogP contribution in [0.3, 0.4) is 0 Å². The molecule has 0 aromatic carbocycles. The van der Waals surface area contributed by atoms with E-state index in [4.69, 9.17) is 19.3 Å². The molecule has 0 spiro atoms. The minimum absolute atomic E-state index is 0.115. The summed E-state index contributed by atoms with van der Waals surface area (Å²) in [5.74, 6) is 0. The van der Waals surface area contributed by atoms with Crippen LogP contribution in [0.2, 0.25) is 0 Å². The number of aliphatic hydroxyl groups is 1. The van der Waals surface area contributed by atoms with Crippen LogP contribution in [0.15, 0.2) is 12.8 Å². The smallest absolute Gasteiger partial charge is 0.508 e. The molecular formula is C10H18O5. The van der Waals surface area contributed by atoms with Gasteiger partial charge in [0.25, 0.3) is 0 Å². The first-order chi connectivity index (χ1) is 7.24. The van der Waals surface area contributed by atoms with Gasteiger partial charge < -0.3 is 19.3 Å². The van der Waals surface area contributed by atoms with Crippen LogP contribution in [0.25, 0.3) is 0 Å². The molecule has 15 heavy (non-hydrogen) atoms. The highest BCUT2D eigenvalue weighted by Crippen LogP contribution is 2.08. The monoisotopic (exact) mass is 218 g/mol. The van der Waals surface area contributed by atoms with E-state index in [0.29, 0.717) is 19.8 Å². The zero-order valence-corrected chi connectivity index (χ0v) is 8.98. The van der Waals surface area contributed by atoms with Gasteiger partial charge in [0.2, 0.25) is 0 Å². The van der Waals surface area contributed by atoms with Crippen molar-refractivity contribution in [2.24, 2.45) is 0 Å². The Morgan fingerprint density at radius 1 is 1.67 bits per heavy atom. The highest BCUT2D eigenvalue weighted by Gasteiger charge is 2.24. The van der Waals surface area contributed by atoms with Crippen LogP contribution < -0.4 is 0 Å². The maximum Gasteiger partial charge on any atom is 0.508 e. The molecule has 0 saturated carbocycles. The molecule has 0 aromatic heterocycles. The first kappa shape index (κ1) is 13.8. The highest BCUT2D eigenvalue weighted by atomic mass is 16.7. The molecule has 0 radical (unpaired) electrons. The Balaban J connectivity index is 0.000000583. The molecule has 1 saturated heterocycles. The Hall–Kier alpha value is -1.23. The second-order valence-corrected chi connectivity index (χ2v) is 2.90. The van der Waals surface area contributed by atoms with Gasteiger partial charge in [-0.25, -0.2) is 4.79 Å². The van der Waals surface area contributed by atoms with Crippen molar-refractivity contribution in [3.8, 4) is 0 Å². The molecule has 0 bridgehead atoms. The number of aliphatic hydroxyl groups excluding tert-OH is 1. The number of ether oxygens (including phenoxy) is 3. The molecule has 5 nitrogen and oxygen atoms in total. The van der Waals surface area contributed by atoms with E-state index in [1.807, 2.05) is 6.92 Å². The van der Waals surface area contributed by atoms with Gasteiger partial charge >= 0.3 is 6.16 Å². The third-order valence-corrected chi connectivity index (χ3v) is 1.51. The summed E-state index contributed by atoms with van der Waals surface area (Å²) in [4.78, 5) is 10.8. The molecule has 1 N–H and O–H groups in total. The molecular weight excluding hydrogens is 200 g/mol. The minimum Gasteiger partial charge on any atom is -0.516 e. The van der Waals surface area contributed by atoms with Crippen molar-refractivity contribution in [1.29, 1.82) is 0 Å². The summed E-state index contributed by atoms with van der Waals surface area (Å²) in [7, 11) is 0. The van der Waals surface area contributed by atoms with Crippen molar-refractivity contribution in [1.82, 2.24) is 0 Å². The molecule has 1 fully saturated rings. The lowest BCUT2D eigenvalue weighted by atomic mass is 10.4. The Kier molecular flexibility index (Phi) is 8.56. The zero-order chi connectivity index (χ0) is 11.5. The standard InChI is InChI=1S/C8H14O4.C2H4O/c1-2-3-4-10-8(9)12-6-7-5-11-7;1-2-3/h7H,2-6H2,1H3;2-3H,1H2. The lowest BCUT2D eigenvalue weighted by Crippen LogP contribution is -2.12. The van der Waals surface area contributed by atoms with Gasteiger partial charge in [0.1, 0.15) is 12.7 Å². The SMILES string of the molecule is C=CO.CCCCOC(=O)OCC1CO1. The number of carbonyl (C=O) groups excluding carboxylic acids is 1. The number of epoxide rings is 1. The van der Waals surface area contributed by atoms with Crippen LogP contribution in [0, 0.1) is 0 Å². The van der Waals surface area contributed by atoms with E-state index in [9.17, 15) is 4.79 Å². The maximum absolute atomic E-state index is 10.8. The summed E-state index contributed by atoms with van der Waals surface area (Å²) in [6, 6.07) is 0. The van der Waals surface area contributed by atoms with Crippen LogP contribution in [0.5, 0.6) is 0 Å². The lowest BCUT2D eigenvalue weighted by molar-refractivity contribution is 0.0497. The fraction of sp³-hybridized carbons (Fsp3) is 0.700. The van der Waals surface area contributed by atoms with Crippen LogP contribution in [0.4, 0.5) is 4.79 Å². The van der Waals surface area contributed by atoms with Crippen LogP contribution in [-0.4, -0.2) is 37.2 Å². The lowest BCUT2D eigenvalue weighted by Gasteiger charge is -2.03. The van der Waals surface area contributed by atoms with Gasteiger partial charge in [-0.15, -0.1) is 0 Å². The molecule has 1 rings (SSSR count). The molecule has 0 aromatic rings. The van der Waals surface area contributed by atoms with E-state index in [1.54, 1.807) is 0 Å². The third-order valence-electron chi connectivity index (χ3n) is 1.51. The number of rotatable bonds is 5. The predicted octanol–water partition coefficient (Wildman–Crippen LogP) is 2.03. The van der Waals surface area contributed by atoms with Gasteiger partial charge in [-0.1, -0.05) is 19.9 Å². The normalized spacial score (nSPS) is 17.0. The summed E-state index contributed by atoms with van der Waals surface area (Å²) in [5.41, 5.74) is 0. The second-order valence-electron chi connectivity index (χ2n) is 2.90. The van der Waals surface area contributed by atoms with Gasteiger partial charge in [0.15, 0.2) is 0 Å². The van der Waals surface area contributed by atoms with Gasteiger partial charge in [-0.3, -0.25) is 0 Å². The number of hydrogen-bond acceptors (Lipinski definition) is 5. The summed E-state index contributed by atoms with van der Waals surface area (Å²) in [5, 5.41) is 7.33. The first-order valence-corrected chi connectivity index (χ1v) is 4.90. The van der Waals surface area contributed by atoms with E-state index in [0.717, 1.165) is 19.1 Å². The zero-order valence-electron chi connectivity index (χ0n) is 8.98. The molecule has 88 valence electrons. The van der Waals surface area contributed by atoms with E-state index >= 15 is 0 Å². The molecule has 1 atom stereocenters. The molecule has 5 heteroatoms. The summed E-state index contributed by atoms with van der Waals surface area (Å²) in [6.07, 6.45) is 2.18. The van der Waals surface area contributed by atoms with Crippen molar-refractivity contribution in [3.63, 3.8) is 0 Å². The van der Waals surface area contributed by atoms with E-state index in [1.165, 1.54) is 0 Å². The number of unbranched alkanes of at least 4 members (excludes halogenated alkanes) is 1. The average Bonchev–Trinajstić information content (AvgIpc) is 3.00. The first-order valence-electron chi connectivity index (χ1n) is 4.90. The summed E-state index contributed by atoms with van der Waals surface area (Å²) < 4.78 is 14.3. The average molecular weight is 218 g/mol. The fourth-order valence-electron chi connectivity index (χ4n) is 0.667. The predicted molar refractivity (Wildman–Crippen MR) is 54.8 cm³/mol. The summed E-state index contributed by atoms with van der Waals surface area (Å²) in [6.45, 7) is 6.42. The van der Waals surface area contributed by atoms with Crippen molar-refractivity contribution >= 4 is 6.16 Å².